The molecule has 8 heteroatoms. The van der Waals surface area contributed by atoms with E-state index in [0.29, 0.717) is 8.95 Å². The van der Waals surface area contributed by atoms with Crippen LogP contribution in [0, 0.1) is 11.9 Å². The Bertz CT molecular complexity index is 613. The SMILES string of the molecule is CC(O)c1cc(Br)cnc1F.COc1cc(Br)cnc1F. The van der Waals surface area contributed by atoms with E-state index in [4.69, 9.17) is 5.11 Å². The summed E-state index contributed by atoms with van der Waals surface area (Å²) in [5.41, 5.74) is 0.208. The molecule has 2 aromatic heterocycles. The quantitative estimate of drug-likeness (QED) is 0.738. The normalized spacial score (nSPS) is 11.4. The minimum absolute atomic E-state index is 0.148. The highest BCUT2D eigenvalue weighted by molar-refractivity contribution is 9.10. The van der Waals surface area contributed by atoms with Crippen LogP contribution in [0.5, 0.6) is 5.75 Å². The zero-order chi connectivity index (χ0) is 16.0. The predicted molar refractivity (Wildman–Crippen MR) is 81.0 cm³/mol. The van der Waals surface area contributed by atoms with Crippen molar-refractivity contribution in [2.75, 3.05) is 7.11 Å². The number of hydrogen-bond acceptors (Lipinski definition) is 4. The second-order valence-electron chi connectivity index (χ2n) is 3.86. The number of aromatic nitrogens is 2. The molecule has 0 bridgehead atoms. The first-order valence-electron chi connectivity index (χ1n) is 5.69. The van der Waals surface area contributed by atoms with Gasteiger partial charge in [0.15, 0.2) is 5.75 Å². The van der Waals surface area contributed by atoms with Gasteiger partial charge in [-0.15, -0.1) is 0 Å². The standard InChI is InChI=1S/C7H7BrFNO.C6H5BrFNO/c1-4(11)6-2-5(8)3-10-7(6)9;1-10-5-2-4(7)3-9-6(5)8/h2-4,11H,1H3;2-3H,1H3. The first-order chi connectivity index (χ1) is 9.85. The monoisotopic (exact) mass is 424 g/mol. The third kappa shape index (κ3) is 5.64. The van der Waals surface area contributed by atoms with Crippen LogP contribution < -0.4 is 4.74 Å². The number of aliphatic hydroxyl groups is 1. The number of nitrogens with zero attached hydrogens (tertiary/aromatic N) is 2. The molecule has 2 heterocycles. The number of hydrogen-bond donors (Lipinski definition) is 1. The number of rotatable bonds is 2. The van der Waals surface area contributed by atoms with Crippen LogP contribution >= 0.6 is 31.9 Å². The number of ether oxygens (including phenoxy) is 1. The maximum absolute atomic E-state index is 12.7. The molecule has 2 rings (SSSR count). The van der Waals surface area contributed by atoms with Gasteiger partial charge >= 0.3 is 0 Å². The summed E-state index contributed by atoms with van der Waals surface area (Å²) in [4.78, 5) is 6.84. The van der Waals surface area contributed by atoms with Crippen LogP contribution in [0.25, 0.3) is 0 Å². The molecule has 0 aromatic carbocycles. The molecule has 0 spiro atoms. The van der Waals surface area contributed by atoms with E-state index in [-0.39, 0.29) is 11.3 Å². The van der Waals surface area contributed by atoms with Crippen LogP contribution in [0.3, 0.4) is 0 Å². The zero-order valence-electron chi connectivity index (χ0n) is 11.1. The van der Waals surface area contributed by atoms with Crippen LogP contribution in [0.15, 0.2) is 33.5 Å². The molecule has 114 valence electrons. The smallest absolute Gasteiger partial charge is 0.255 e. The maximum atomic E-state index is 12.7. The molecule has 0 saturated heterocycles. The van der Waals surface area contributed by atoms with Gasteiger partial charge in [-0.25, -0.2) is 9.97 Å². The Hall–Kier alpha value is -1.12. The molecule has 0 fully saturated rings. The van der Waals surface area contributed by atoms with Crippen LogP contribution in [0.1, 0.15) is 18.6 Å². The first kappa shape index (κ1) is 17.9. The van der Waals surface area contributed by atoms with Gasteiger partial charge in [-0.1, -0.05) is 0 Å². The largest absolute Gasteiger partial charge is 0.492 e. The number of halogens is 4. The lowest BCUT2D eigenvalue weighted by molar-refractivity contribution is 0.193. The maximum Gasteiger partial charge on any atom is 0.255 e. The van der Waals surface area contributed by atoms with E-state index >= 15 is 0 Å². The number of methoxy groups -OCH3 is 1. The van der Waals surface area contributed by atoms with Crippen molar-refractivity contribution >= 4 is 31.9 Å². The Kier molecular flexibility index (Phi) is 7.13. The van der Waals surface area contributed by atoms with Crippen LogP contribution in [-0.4, -0.2) is 22.2 Å². The van der Waals surface area contributed by atoms with Gasteiger partial charge < -0.3 is 9.84 Å². The Morgan fingerprint density at radius 3 is 2.05 bits per heavy atom. The molecule has 1 N–H and O–H groups in total. The summed E-state index contributed by atoms with van der Waals surface area (Å²) in [7, 11) is 1.40. The Morgan fingerprint density at radius 1 is 1.10 bits per heavy atom. The van der Waals surface area contributed by atoms with Crippen molar-refractivity contribution in [2.45, 2.75) is 13.0 Å². The molecule has 21 heavy (non-hydrogen) atoms. The summed E-state index contributed by atoms with van der Waals surface area (Å²) >= 11 is 6.25. The van der Waals surface area contributed by atoms with E-state index in [1.54, 1.807) is 0 Å². The van der Waals surface area contributed by atoms with Gasteiger partial charge in [-0.3, -0.25) is 0 Å². The molecule has 4 nitrogen and oxygen atoms in total. The average molecular weight is 426 g/mol. The van der Waals surface area contributed by atoms with Gasteiger partial charge in [-0.05, 0) is 44.8 Å². The van der Waals surface area contributed by atoms with E-state index in [1.165, 1.54) is 38.6 Å². The summed E-state index contributed by atoms with van der Waals surface area (Å²) in [6.45, 7) is 1.49. The summed E-state index contributed by atoms with van der Waals surface area (Å²) in [5, 5.41) is 9.03. The van der Waals surface area contributed by atoms with Crippen molar-refractivity contribution in [3.8, 4) is 5.75 Å². The lowest BCUT2D eigenvalue weighted by Crippen LogP contribution is -1.97. The van der Waals surface area contributed by atoms with Gasteiger partial charge in [0.1, 0.15) is 0 Å². The van der Waals surface area contributed by atoms with Crippen LogP contribution in [0.4, 0.5) is 8.78 Å². The van der Waals surface area contributed by atoms with Crippen LogP contribution in [0.2, 0.25) is 0 Å². The molecule has 1 atom stereocenters. The van der Waals surface area contributed by atoms with E-state index < -0.39 is 18.0 Å². The van der Waals surface area contributed by atoms with E-state index in [9.17, 15) is 8.78 Å². The highest BCUT2D eigenvalue weighted by atomic mass is 79.9. The summed E-state index contributed by atoms with van der Waals surface area (Å²) in [6, 6.07) is 3.02. The zero-order valence-corrected chi connectivity index (χ0v) is 14.3. The third-order valence-corrected chi connectivity index (χ3v) is 3.14. The summed E-state index contributed by atoms with van der Waals surface area (Å²) in [6.07, 6.45) is 1.90. The predicted octanol–water partition coefficient (Wildman–Crippen LogP) is 4.03. The second-order valence-corrected chi connectivity index (χ2v) is 5.69. The first-order valence-corrected chi connectivity index (χ1v) is 7.27. The summed E-state index contributed by atoms with van der Waals surface area (Å²) in [5.74, 6) is -1.07. The Labute approximate surface area is 137 Å². The molecule has 0 radical (unpaired) electrons. The second kappa shape index (κ2) is 8.35. The fourth-order valence-electron chi connectivity index (χ4n) is 1.28. The minimum atomic E-state index is -0.819. The van der Waals surface area contributed by atoms with Crippen molar-refractivity contribution in [1.29, 1.82) is 0 Å². The van der Waals surface area contributed by atoms with Gasteiger partial charge in [0, 0.05) is 33.0 Å². The molecule has 1 unspecified atom stereocenters. The lowest BCUT2D eigenvalue weighted by Gasteiger charge is -2.04. The van der Waals surface area contributed by atoms with E-state index in [0.717, 1.165) is 0 Å². The molecule has 0 aliphatic heterocycles. The molecular weight excluding hydrogens is 414 g/mol. The molecule has 0 saturated carbocycles. The van der Waals surface area contributed by atoms with Crippen molar-refractivity contribution in [2.24, 2.45) is 0 Å². The van der Waals surface area contributed by atoms with Gasteiger partial charge in [0.05, 0.1) is 13.2 Å². The third-order valence-electron chi connectivity index (χ3n) is 2.28. The van der Waals surface area contributed by atoms with Crippen molar-refractivity contribution in [3.05, 3.63) is 50.9 Å². The van der Waals surface area contributed by atoms with Crippen LogP contribution in [-0.2, 0) is 0 Å². The molecule has 2 aromatic rings. The fraction of sp³-hybridized carbons (Fsp3) is 0.231. The Balaban J connectivity index is 0.000000211. The lowest BCUT2D eigenvalue weighted by atomic mass is 10.2. The van der Waals surface area contributed by atoms with E-state index in [1.807, 2.05) is 0 Å². The van der Waals surface area contributed by atoms with Crippen molar-refractivity contribution < 1.29 is 18.6 Å². The van der Waals surface area contributed by atoms with Crippen molar-refractivity contribution in [3.63, 3.8) is 0 Å². The van der Waals surface area contributed by atoms with Gasteiger partial charge in [0.2, 0.25) is 5.95 Å². The average Bonchev–Trinajstić information content (AvgIpc) is 2.44. The topological polar surface area (TPSA) is 55.2 Å². The molecular formula is C13H12Br2F2N2O2. The fourth-order valence-corrected chi connectivity index (χ4v) is 1.94. The summed E-state index contributed by atoms with van der Waals surface area (Å²) < 4.78 is 31.3. The minimum Gasteiger partial charge on any atom is -0.492 e. The van der Waals surface area contributed by atoms with Crippen molar-refractivity contribution in [1.82, 2.24) is 9.97 Å². The number of pyridine rings is 2. The molecule has 0 amide bonds. The van der Waals surface area contributed by atoms with E-state index in [2.05, 4.69) is 46.6 Å². The highest BCUT2D eigenvalue weighted by Gasteiger charge is 2.08. The van der Waals surface area contributed by atoms with Gasteiger partial charge in [0.25, 0.3) is 5.95 Å². The highest BCUT2D eigenvalue weighted by Crippen LogP contribution is 2.19. The molecule has 0 aliphatic rings. The van der Waals surface area contributed by atoms with Gasteiger partial charge in [-0.2, -0.15) is 8.78 Å². The Morgan fingerprint density at radius 2 is 1.62 bits per heavy atom. The molecule has 0 aliphatic carbocycles. The number of aliphatic hydroxyl groups excluding tert-OH is 1.